The van der Waals surface area contributed by atoms with Gasteiger partial charge in [0, 0.05) is 34.4 Å². The molecule has 1 fully saturated rings. The first-order valence-corrected chi connectivity index (χ1v) is 10.8. The maximum Gasteiger partial charge on any atom is 0.230 e. The predicted octanol–water partition coefficient (Wildman–Crippen LogP) is 5.02. The van der Waals surface area contributed by atoms with Crippen LogP contribution >= 0.6 is 11.6 Å². The van der Waals surface area contributed by atoms with Crippen molar-refractivity contribution in [1.29, 1.82) is 0 Å². The first-order valence-electron chi connectivity index (χ1n) is 10.4. The maximum absolute atomic E-state index is 13.3. The number of ketones is 1. The maximum atomic E-state index is 13.3. The van der Waals surface area contributed by atoms with Crippen LogP contribution in [0.3, 0.4) is 0 Å². The fourth-order valence-electron chi connectivity index (χ4n) is 4.51. The zero-order chi connectivity index (χ0) is 21.1. The fraction of sp³-hybridized carbons (Fsp3) is 0.522. The first-order chi connectivity index (χ1) is 13.8. The third-order valence-corrected chi connectivity index (χ3v) is 6.58. The van der Waals surface area contributed by atoms with Crippen LogP contribution < -0.4 is 5.32 Å². The third kappa shape index (κ3) is 4.72. The standard InChI is InChI=1S/C23H29ClN2O3/c1-14-20(24)10-7-11-21(14)25-22(28)13-17-12-19(16(3)27)15(2)26(23(17)29)18-8-5-4-6-9-18/h7,10-11,17-18H,4-6,8-9,12-13H2,1-3H3,(H,25,28). The van der Waals surface area contributed by atoms with Crippen LogP contribution in [-0.4, -0.2) is 28.5 Å². The van der Waals surface area contributed by atoms with Crippen molar-refractivity contribution in [1.82, 2.24) is 4.90 Å². The van der Waals surface area contributed by atoms with Gasteiger partial charge < -0.3 is 10.2 Å². The number of rotatable bonds is 5. The van der Waals surface area contributed by atoms with Gasteiger partial charge in [-0.25, -0.2) is 0 Å². The Kier molecular flexibility index (Phi) is 6.78. The number of carbonyl (C=O) groups is 3. The number of allylic oxidation sites excluding steroid dienone is 2. The van der Waals surface area contributed by atoms with Gasteiger partial charge in [0.05, 0.1) is 5.92 Å². The summed E-state index contributed by atoms with van der Waals surface area (Å²) in [7, 11) is 0. The molecule has 0 bridgehead atoms. The van der Waals surface area contributed by atoms with E-state index in [1.807, 2.05) is 18.7 Å². The van der Waals surface area contributed by atoms with Crippen LogP contribution in [0.4, 0.5) is 5.69 Å². The van der Waals surface area contributed by atoms with E-state index in [2.05, 4.69) is 5.32 Å². The Labute approximate surface area is 177 Å². The minimum atomic E-state index is -0.515. The number of nitrogens with zero attached hydrogens (tertiary/aromatic N) is 1. The quantitative estimate of drug-likeness (QED) is 0.732. The lowest BCUT2D eigenvalue weighted by Crippen LogP contribution is -2.47. The lowest BCUT2D eigenvalue weighted by Gasteiger charge is -2.41. The molecule has 1 aliphatic carbocycles. The molecule has 1 N–H and O–H groups in total. The number of carbonyl (C=O) groups excluding carboxylic acids is 3. The number of halogens is 1. The van der Waals surface area contributed by atoms with E-state index >= 15 is 0 Å². The van der Waals surface area contributed by atoms with Crippen molar-refractivity contribution in [2.45, 2.75) is 71.8 Å². The van der Waals surface area contributed by atoms with Gasteiger partial charge >= 0.3 is 0 Å². The van der Waals surface area contributed by atoms with Crippen LogP contribution in [0.15, 0.2) is 29.5 Å². The summed E-state index contributed by atoms with van der Waals surface area (Å²) in [6.07, 6.45) is 5.66. The van der Waals surface area contributed by atoms with Crippen molar-refractivity contribution >= 4 is 34.9 Å². The van der Waals surface area contributed by atoms with Gasteiger partial charge in [0.25, 0.3) is 0 Å². The third-order valence-electron chi connectivity index (χ3n) is 6.17. The van der Waals surface area contributed by atoms with Crippen LogP contribution in [-0.2, 0) is 14.4 Å². The highest BCUT2D eigenvalue weighted by atomic mass is 35.5. The Morgan fingerprint density at radius 2 is 1.86 bits per heavy atom. The second-order valence-electron chi connectivity index (χ2n) is 8.19. The predicted molar refractivity (Wildman–Crippen MR) is 115 cm³/mol. The van der Waals surface area contributed by atoms with E-state index in [1.165, 1.54) is 6.42 Å². The summed E-state index contributed by atoms with van der Waals surface area (Å²) in [6.45, 7) is 5.25. The van der Waals surface area contributed by atoms with Crippen LogP contribution in [0.5, 0.6) is 0 Å². The average Bonchev–Trinajstić information content (AvgIpc) is 2.68. The lowest BCUT2D eigenvalue weighted by atomic mass is 9.84. The van der Waals surface area contributed by atoms with Crippen molar-refractivity contribution in [2.75, 3.05) is 5.32 Å². The Hall–Kier alpha value is -2.14. The molecule has 1 unspecified atom stereocenters. The number of amides is 2. The summed E-state index contributed by atoms with van der Waals surface area (Å²) < 4.78 is 0. The van der Waals surface area contributed by atoms with Gasteiger partial charge in [-0.3, -0.25) is 14.4 Å². The molecule has 2 aliphatic rings. The lowest BCUT2D eigenvalue weighted by molar-refractivity contribution is -0.139. The molecule has 0 radical (unpaired) electrons. The van der Waals surface area contributed by atoms with E-state index in [1.54, 1.807) is 25.1 Å². The molecular formula is C23H29ClN2O3. The summed E-state index contributed by atoms with van der Waals surface area (Å²) in [5.41, 5.74) is 2.89. The largest absolute Gasteiger partial charge is 0.326 e. The molecule has 1 aliphatic heterocycles. The van der Waals surface area contributed by atoms with Crippen LogP contribution in [0.1, 0.15) is 64.4 Å². The molecule has 1 saturated carbocycles. The molecule has 1 aromatic rings. The van der Waals surface area contributed by atoms with Crippen molar-refractivity contribution in [2.24, 2.45) is 5.92 Å². The first kappa shape index (κ1) is 21.6. The Morgan fingerprint density at radius 3 is 2.52 bits per heavy atom. The number of hydrogen-bond donors (Lipinski definition) is 1. The Balaban J connectivity index is 1.79. The topological polar surface area (TPSA) is 66.5 Å². The van der Waals surface area contributed by atoms with Gasteiger partial charge in [-0.2, -0.15) is 0 Å². The zero-order valence-corrected chi connectivity index (χ0v) is 18.1. The minimum absolute atomic E-state index is 0.0214. The second kappa shape index (κ2) is 9.12. The van der Waals surface area contributed by atoms with E-state index in [0.29, 0.717) is 22.7 Å². The van der Waals surface area contributed by atoms with Gasteiger partial charge in [-0.15, -0.1) is 0 Å². The molecule has 1 aromatic carbocycles. The molecule has 29 heavy (non-hydrogen) atoms. The van der Waals surface area contributed by atoms with Crippen LogP contribution in [0, 0.1) is 12.8 Å². The Bertz CT molecular complexity index is 856. The van der Waals surface area contributed by atoms with Crippen molar-refractivity contribution in [3.05, 3.63) is 40.1 Å². The SMILES string of the molecule is CC(=O)C1=C(C)N(C2CCCCC2)C(=O)C(CC(=O)Nc2cccc(Cl)c2C)C1. The van der Waals surface area contributed by atoms with Crippen molar-refractivity contribution in [3.63, 3.8) is 0 Å². The summed E-state index contributed by atoms with van der Waals surface area (Å²) >= 11 is 6.13. The smallest absolute Gasteiger partial charge is 0.230 e. The number of hydrogen-bond acceptors (Lipinski definition) is 3. The molecule has 6 heteroatoms. The van der Waals surface area contributed by atoms with Crippen LogP contribution in [0.25, 0.3) is 0 Å². The average molecular weight is 417 g/mol. The summed E-state index contributed by atoms with van der Waals surface area (Å²) in [6, 6.07) is 5.47. The normalized spacial score (nSPS) is 20.8. The molecule has 0 spiro atoms. The molecular weight excluding hydrogens is 388 g/mol. The molecule has 1 atom stereocenters. The zero-order valence-electron chi connectivity index (χ0n) is 17.4. The van der Waals surface area contributed by atoms with E-state index in [-0.39, 0.29) is 30.1 Å². The molecule has 3 rings (SSSR count). The van der Waals surface area contributed by atoms with Gasteiger partial charge in [-0.05, 0) is 57.7 Å². The van der Waals surface area contributed by atoms with Crippen molar-refractivity contribution in [3.8, 4) is 0 Å². The fourth-order valence-corrected chi connectivity index (χ4v) is 4.68. The number of Topliss-reactive ketones (excluding diaryl/α,β-unsaturated/α-hetero) is 1. The van der Waals surface area contributed by atoms with E-state index in [0.717, 1.165) is 36.9 Å². The molecule has 0 aromatic heterocycles. The molecule has 0 saturated heterocycles. The Morgan fingerprint density at radius 1 is 1.17 bits per heavy atom. The van der Waals surface area contributed by atoms with E-state index in [9.17, 15) is 14.4 Å². The number of benzene rings is 1. The summed E-state index contributed by atoms with van der Waals surface area (Å²) in [5.74, 6) is -0.803. The highest BCUT2D eigenvalue weighted by Gasteiger charge is 2.39. The molecule has 156 valence electrons. The van der Waals surface area contributed by atoms with Crippen molar-refractivity contribution < 1.29 is 14.4 Å². The van der Waals surface area contributed by atoms with Crippen LogP contribution in [0.2, 0.25) is 5.02 Å². The monoisotopic (exact) mass is 416 g/mol. The van der Waals surface area contributed by atoms with Gasteiger partial charge in [0.15, 0.2) is 5.78 Å². The number of nitrogens with one attached hydrogen (secondary N) is 1. The number of anilines is 1. The molecule has 5 nitrogen and oxygen atoms in total. The van der Waals surface area contributed by atoms with Gasteiger partial charge in [0.1, 0.15) is 0 Å². The highest BCUT2D eigenvalue weighted by molar-refractivity contribution is 6.31. The van der Waals surface area contributed by atoms with E-state index in [4.69, 9.17) is 11.6 Å². The highest BCUT2D eigenvalue weighted by Crippen LogP contribution is 2.35. The van der Waals surface area contributed by atoms with Gasteiger partial charge in [0.2, 0.25) is 11.8 Å². The summed E-state index contributed by atoms with van der Waals surface area (Å²) in [5, 5.41) is 3.45. The van der Waals surface area contributed by atoms with Gasteiger partial charge in [-0.1, -0.05) is 36.9 Å². The molecule has 1 heterocycles. The summed E-state index contributed by atoms with van der Waals surface area (Å²) in [4.78, 5) is 40.1. The molecule has 2 amide bonds. The second-order valence-corrected chi connectivity index (χ2v) is 8.59. The van der Waals surface area contributed by atoms with E-state index < -0.39 is 5.92 Å². The minimum Gasteiger partial charge on any atom is -0.326 e.